The molecule has 3 aromatic rings. The number of aromatic nitrogens is 3. The fraction of sp³-hybridized carbons (Fsp3) is 0.368. The van der Waals surface area contributed by atoms with Gasteiger partial charge in [0.15, 0.2) is 5.82 Å². The molecular formula is C19H23ClN4O. The van der Waals surface area contributed by atoms with Crippen molar-refractivity contribution < 1.29 is 4.74 Å². The number of piperidine rings is 1. The summed E-state index contributed by atoms with van der Waals surface area (Å²) in [7, 11) is 1.69. The van der Waals surface area contributed by atoms with Gasteiger partial charge in [0.05, 0.1) is 12.6 Å². The highest BCUT2D eigenvalue weighted by atomic mass is 35.5. The Balaban J connectivity index is 0.00000182. The zero-order chi connectivity index (χ0) is 16.5. The summed E-state index contributed by atoms with van der Waals surface area (Å²) in [4.78, 5) is 15.3. The Bertz CT molecular complexity index is 871. The number of H-pyrrole nitrogens is 1. The van der Waals surface area contributed by atoms with Gasteiger partial charge in [-0.05, 0) is 44.4 Å². The van der Waals surface area contributed by atoms with Gasteiger partial charge in [-0.15, -0.1) is 12.4 Å². The molecule has 0 amide bonds. The summed E-state index contributed by atoms with van der Waals surface area (Å²) in [5.41, 5.74) is 4.14. The van der Waals surface area contributed by atoms with Crippen LogP contribution in [0.15, 0.2) is 30.3 Å². The van der Waals surface area contributed by atoms with Crippen molar-refractivity contribution in [1.29, 1.82) is 0 Å². The lowest BCUT2D eigenvalue weighted by molar-refractivity contribution is 0.415. The highest BCUT2D eigenvalue weighted by Crippen LogP contribution is 2.31. The van der Waals surface area contributed by atoms with E-state index in [1.807, 2.05) is 25.1 Å². The first-order valence-corrected chi connectivity index (χ1v) is 8.51. The maximum absolute atomic E-state index is 5.34. The Hall–Kier alpha value is -2.27. The highest BCUT2D eigenvalue weighted by Gasteiger charge is 2.18. The van der Waals surface area contributed by atoms with Crippen molar-refractivity contribution in [3.05, 3.63) is 36.2 Å². The molecule has 0 spiro atoms. The maximum atomic E-state index is 5.34. The van der Waals surface area contributed by atoms with E-state index in [0.29, 0.717) is 0 Å². The van der Waals surface area contributed by atoms with Crippen molar-refractivity contribution in [2.24, 2.45) is 0 Å². The van der Waals surface area contributed by atoms with Gasteiger partial charge in [0.25, 0.3) is 0 Å². The molecular weight excluding hydrogens is 336 g/mol. The predicted octanol–water partition coefficient (Wildman–Crippen LogP) is 4.35. The summed E-state index contributed by atoms with van der Waals surface area (Å²) in [5.74, 6) is 2.70. The molecule has 1 aliphatic rings. The number of anilines is 1. The van der Waals surface area contributed by atoms with Crippen LogP contribution in [0, 0.1) is 6.92 Å². The first-order valence-electron chi connectivity index (χ1n) is 8.51. The van der Waals surface area contributed by atoms with Gasteiger partial charge in [-0.3, -0.25) is 0 Å². The average Bonchev–Trinajstić information content (AvgIpc) is 3.05. The molecule has 5 nitrogen and oxygen atoms in total. The number of fused-ring (bicyclic) bond motifs is 1. The number of rotatable bonds is 3. The fourth-order valence-corrected chi connectivity index (χ4v) is 3.39. The maximum Gasteiger partial charge on any atom is 0.156 e. The van der Waals surface area contributed by atoms with Crippen LogP contribution in [0.3, 0.4) is 0 Å². The average molecular weight is 359 g/mol. The van der Waals surface area contributed by atoms with E-state index in [9.17, 15) is 0 Å². The molecule has 1 fully saturated rings. The quantitative estimate of drug-likeness (QED) is 0.756. The molecule has 132 valence electrons. The molecule has 0 radical (unpaired) electrons. The molecule has 1 saturated heterocycles. The standard InChI is InChI=1S/C19H22N4O.ClH/c1-13-20-17-12-16(14-7-6-8-15(11-14)24-2)22-18(17)19(21-13)23-9-4-3-5-10-23;/h6-8,11-12,22H,3-5,9-10H2,1-2H3;1H. The predicted molar refractivity (Wildman–Crippen MR) is 104 cm³/mol. The van der Waals surface area contributed by atoms with Crippen molar-refractivity contribution in [3.63, 3.8) is 0 Å². The lowest BCUT2D eigenvalue weighted by Crippen LogP contribution is -2.30. The van der Waals surface area contributed by atoms with Crippen molar-refractivity contribution in [2.45, 2.75) is 26.2 Å². The van der Waals surface area contributed by atoms with Gasteiger partial charge in [-0.25, -0.2) is 9.97 Å². The Kier molecular flexibility index (Phi) is 5.13. The summed E-state index contributed by atoms with van der Waals surface area (Å²) in [6, 6.07) is 10.2. The van der Waals surface area contributed by atoms with Crippen LogP contribution in [0.5, 0.6) is 5.75 Å². The van der Waals surface area contributed by atoms with Crippen LogP contribution in [-0.2, 0) is 0 Å². The number of nitrogens with zero attached hydrogens (tertiary/aromatic N) is 3. The third-order valence-electron chi connectivity index (χ3n) is 4.61. The molecule has 1 aromatic carbocycles. The molecule has 2 aromatic heterocycles. The van der Waals surface area contributed by atoms with E-state index >= 15 is 0 Å². The largest absolute Gasteiger partial charge is 0.497 e. The van der Waals surface area contributed by atoms with Crippen molar-refractivity contribution in [1.82, 2.24) is 15.0 Å². The summed E-state index contributed by atoms with van der Waals surface area (Å²) in [6.45, 7) is 4.10. The zero-order valence-electron chi connectivity index (χ0n) is 14.6. The molecule has 0 atom stereocenters. The van der Waals surface area contributed by atoms with E-state index in [1.54, 1.807) is 7.11 Å². The Morgan fingerprint density at radius 1 is 1.08 bits per heavy atom. The van der Waals surface area contributed by atoms with Crippen molar-refractivity contribution in [3.8, 4) is 17.0 Å². The van der Waals surface area contributed by atoms with Crippen LogP contribution >= 0.6 is 12.4 Å². The van der Waals surface area contributed by atoms with Gasteiger partial charge < -0.3 is 14.6 Å². The van der Waals surface area contributed by atoms with Gasteiger partial charge in [-0.1, -0.05) is 12.1 Å². The smallest absolute Gasteiger partial charge is 0.156 e. The first kappa shape index (κ1) is 17.5. The number of hydrogen-bond donors (Lipinski definition) is 1. The number of hydrogen-bond acceptors (Lipinski definition) is 4. The van der Waals surface area contributed by atoms with Crippen molar-refractivity contribution >= 4 is 29.3 Å². The molecule has 0 unspecified atom stereocenters. The molecule has 1 aliphatic heterocycles. The third-order valence-corrected chi connectivity index (χ3v) is 4.61. The van der Waals surface area contributed by atoms with Gasteiger partial charge in [0.2, 0.25) is 0 Å². The minimum absolute atomic E-state index is 0. The number of methoxy groups -OCH3 is 1. The van der Waals surface area contributed by atoms with Gasteiger partial charge in [0.1, 0.15) is 17.1 Å². The van der Waals surface area contributed by atoms with Crippen LogP contribution in [-0.4, -0.2) is 35.2 Å². The molecule has 25 heavy (non-hydrogen) atoms. The van der Waals surface area contributed by atoms with Crippen LogP contribution < -0.4 is 9.64 Å². The minimum atomic E-state index is 0. The molecule has 6 heteroatoms. The topological polar surface area (TPSA) is 54.0 Å². The monoisotopic (exact) mass is 358 g/mol. The number of ether oxygens (including phenoxy) is 1. The lowest BCUT2D eigenvalue weighted by Gasteiger charge is -2.28. The van der Waals surface area contributed by atoms with Crippen LogP contribution in [0.4, 0.5) is 5.82 Å². The van der Waals surface area contributed by atoms with Crippen molar-refractivity contribution in [2.75, 3.05) is 25.1 Å². The number of halogens is 1. The zero-order valence-corrected chi connectivity index (χ0v) is 15.4. The summed E-state index contributed by atoms with van der Waals surface area (Å²) < 4.78 is 5.34. The molecule has 0 aliphatic carbocycles. The van der Waals surface area contributed by atoms with Crippen LogP contribution in [0.1, 0.15) is 25.1 Å². The normalized spacial score (nSPS) is 14.4. The second-order valence-corrected chi connectivity index (χ2v) is 6.32. The SMILES string of the molecule is COc1cccc(-c2cc3nc(C)nc(N4CCCCC4)c3[nH]2)c1.Cl. The second-order valence-electron chi connectivity index (χ2n) is 6.32. The number of nitrogens with one attached hydrogen (secondary N) is 1. The number of aromatic amines is 1. The highest BCUT2D eigenvalue weighted by molar-refractivity contribution is 5.91. The molecule has 4 rings (SSSR count). The van der Waals surface area contributed by atoms with E-state index in [2.05, 4.69) is 27.0 Å². The summed E-state index contributed by atoms with van der Waals surface area (Å²) in [6.07, 6.45) is 3.77. The van der Waals surface area contributed by atoms with E-state index in [0.717, 1.165) is 52.8 Å². The Morgan fingerprint density at radius 3 is 2.64 bits per heavy atom. The summed E-state index contributed by atoms with van der Waals surface area (Å²) in [5, 5.41) is 0. The molecule has 0 bridgehead atoms. The first-order chi connectivity index (χ1) is 11.7. The van der Waals surface area contributed by atoms with Gasteiger partial charge in [0, 0.05) is 24.3 Å². The van der Waals surface area contributed by atoms with E-state index in [1.165, 1.54) is 19.3 Å². The van der Waals surface area contributed by atoms with E-state index < -0.39 is 0 Å². The minimum Gasteiger partial charge on any atom is -0.497 e. The Morgan fingerprint density at radius 2 is 1.88 bits per heavy atom. The molecule has 0 saturated carbocycles. The van der Waals surface area contributed by atoms with Gasteiger partial charge >= 0.3 is 0 Å². The van der Waals surface area contributed by atoms with Crippen LogP contribution in [0.25, 0.3) is 22.3 Å². The number of aryl methyl sites for hydroxylation is 1. The molecule has 1 N–H and O–H groups in total. The van der Waals surface area contributed by atoms with E-state index in [-0.39, 0.29) is 12.4 Å². The summed E-state index contributed by atoms with van der Waals surface area (Å²) >= 11 is 0. The van der Waals surface area contributed by atoms with E-state index in [4.69, 9.17) is 9.72 Å². The van der Waals surface area contributed by atoms with Gasteiger partial charge in [-0.2, -0.15) is 0 Å². The molecule has 3 heterocycles. The second kappa shape index (κ2) is 7.31. The third kappa shape index (κ3) is 3.42. The fourth-order valence-electron chi connectivity index (χ4n) is 3.39. The number of benzene rings is 1. The Labute approximate surface area is 153 Å². The van der Waals surface area contributed by atoms with Crippen LogP contribution in [0.2, 0.25) is 0 Å². The lowest BCUT2D eigenvalue weighted by atomic mass is 10.1.